The highest BCUT2D eigenvalue weighted by molar-refractivity contribution is 7.09. The summed E-state index contributed by atoms with van der Waals surface area (Å²) >= 11 is 1.68. The molecule has 1 fully saturated rings. The maximum absolute atomic E-state index is 14.7. The number of rotatable bonds is 7. The van der Waals surface area contributed by atoms with Crippen molar-refractivity contribution >= 4 is 11.3 Å². The second kappa shape index (κ2) is 8.39. The smallest absolute Gasteiger partial charge is 0.345 e. The molecule has 0 spiro atoms. The molecule has 0 radical (unpaired) electrons. The van der Waals surface area contributed by atoms with Crippen LogP contribution in [0.15, 0.2) is 34.6 Å². The van der Waals surface area contributed by atoms with E-state index in [-0.39, 0.29) is 30.9 Å². The summed E-state index contributed by atoms with van der Waals surface area (Å²) in [5.74, 6) is 0.577. The van der Waals surface area contributed by atoms with Crippen LogP contribution in [0, 0.1) is 6.92 Å². The second-order valence-electron chi connectivity index (χ2n) is 7.19. The highest BCUT2D eigenvalue weighted by Gasteiger charge is 2.30. The Morgan fingerprint density at radius 3 is 2.85 bits per heavy atom. The summed E-state index contributed by atoms with van der Waals surface area (Å²) in [6, 6.07) is 4.22. The largest absolute Gasteiger partial charge is 0.372 e. The lowest BCUT2D eigenvalue weighted by Gasteiger charge is -2.41. The zero-order chi connectivity index (χ0) is 19.6. The fourth-order valence-electron chi connectivity index (χ4n) is 3.49. The van der Waals surface area contributed by atoms with Gasteiger partial charge in [-0.2, -0.15) is 5.10 Å². The van der Waals surface area contributed by atoms with Gasteiger partial charge in [0.15, 0.2) is 0 Å². The molecule has 3 atom stereocenters. The Kier molecular flexibility index (Phi) is 6.16. The van der Waals surface area contributed by atoms with Crippen LogP contribution < -0.4 is 5.69 Å². The van der Waals surface area contributed by atoms with Gasteiger partial charge < -0.3 is 9.64 Å². The molecule has 2 aromatic rings. The topological polar surface area (TPSA) is 52.3 Å². The molecule has 6 nitrogen and oxygen atoms in total. The number of hydrogen-bond donors (Lipinski definition) is 0. The first-order chi connectivity index (χ1) is 12.8. The molecule has 0 saturated carbocycles. The molecule has 1 aliphatic rings. The number of halogens is 1. The number of aromatic nitrogens is 3. The van der Waals surface area contributed by atoms with Crippen molar-refractivity contribution in [3.63, 3.8) is 0 Å². The van der Waals surface area contributed by atoms with Crippen LogP contribution in [0.5, 0.6) is 0 Å². The maximum atomic E-state index is 14.7. The molecule has 27 heavy (non-hydrogen) atoms. The van der Waals surface area contributed by atoms with Crippen LogP contribution in [0.2, 0.25) is 0 Å². The Balaban J connectivity index is 1.53. The van der Waals surface area contributed by atoms with Gasteiger partial charge in [0.25, 0.3) is 0 Å². The average Bonchev–Trinajstić information content (AvgIpc) is 3.21. The molecule has 0 aliphatic carbocycles. The molecule has 3 rings (SSSR count). The molecule has 0 N–H and O–H groups in total. The fraction of sp³-hybridized carbons (Fsp3) is 0.579. The summed E-state index contributed by atoms with van der Waals surface area (Å²) in [5, 5.41) is 6.15. The summed E-state index contributed by atoms with van der Waals surface area (Å²) in [7, 11) is 1.64. The monoisotopic (exact) mass is 394 g/mol. The molecular formula is C19H27FN4O2S. The molecule has 0 aromatic carbocycles. The highest BCUT2D eigenvalue weighted by atomic mass is 32.1. The van der Waals surface area contributed by atoms with Gasteiger partial charge >= 0.3 is 5.69 Å². The number of aryl methyl sites for hydroxylation is 1. The Bertz CT molecular complexity index is 829. The summed E-state index contributed by atoms with van der Waals surface area (Å²) in [6.07, 6.45) is 0.440. The minimum atomic E-state index is -1.19. The third kappa shape index (κ3) is 4.68. The van der Waals surface area contributed by atoms with Gasteiger partial charge in [-0.05, 0) is 31.7 Å². The van der Waals surface area contributed by atoms with Crippen LogP contribution in [0.3, 0.4) is 0 Å². The van der Waals surface area contributed by atoms with Gasteiger partial charge in [-0.3, -0.25) is 4.57 Å². The Hall–Kier alpha value is -1.93. The van der Waals surface area contributed by atoms with E-state index in [0.717, 1.165) is 12.1 Å². The summed E-state index contributed by atoms with van der Waals surface area (Å²) in [6.45, 7) is 8.70. The van der Waals surface area contributed by atoms with Crippen molar-refractivity contribution in [1.29, 1.82) is 0 Å². The van der Waals surface area contributed by atoms with E-state index in [1.54, 1.807) is 25.3 Å². The number of nitrogens with zero attached hydrogens (tertiary/aromatic N) is 4. The van der Waals surface area contributed by atoms with Crippen LogP contribution in [0.25, 0.3) is 0 Å². The lowest BCUT2D eigenvalue weighted by molar-refractivity contribution is -0.00656. The van der Waals surface area contributed by atoms with Crippen molar-refractivity contribution in [2.24, 2.45) is 7.05 Å². The van der Waals surface area contributed by atoms with Gasteiger partial charge in [0.1, 0.15) is 12.0 Å². The van der Waals surface area contributed by atoms with E-state index >= 15 is 0 Å². The Morgan fingerprint density at radius 1 is 1.48 bits per heavy atom. The summed E-state index contributed by atoms with van der Waals surface area (Å²) in [5.41, 5.74) is 0.597. The van der Waals surface area contributed by atoms with Crippen LogP contribution >= 0.6 is 11.3 Å². The van der Waals surface area contributed by atoms with Crippen molar-refractivity contribution in [2.75, 3.05) is 6.54 Å². The maximum Gasteiger partial charge on any atom is 0.345 e. The van der Waals surface area contributed by atoms with E-state index in [1.165, 1.54) is 14.1 Å². The van der Waals surface area contributed by atoms with Gasteiger partial charge in [0, 0.05) is 30.1 Å². The summed E-state index contributed by atoms with van der Waals surface area (Å²) in [4.78, 5) is 15.2. The first-order valence-corrected chi connectivity index (χ1v) is 10.1. The molecule has 2 aromatic heterocycles. The molecule has 0 amide bonds. The molecule has 1 aliphatic heterocycles. The minimum absolute atomic E-state index is 0.0463. The fourth-order valence-corrected chi connectivity index (χ4v) is 4.11. The Morgan fingerprint density at radius 2 is 2.26 bits per heavy atom. The molecule has 148 valence electrons. The zero-order valence-corrected chi connectivity index (χ0v) is 16.9. The van der Waals surface area contributed by atoms with E-state index in [9.17, 15) is 9.18 Å². The lowest BCUT2D eigenvalue weighted by Crippen LogP contribution is -2.45. The minimum Gasteiger partial charge on any atom is -0.372 e. The van der Waals surface area contributed by atoms with Crippen molar-refractivity contribution < 1.29 is 9.13 Å². The van der Waals surface area contributed by atoms with Gasteiger partial charge in [-0.1, -0.05) is 12.6 Å². The SMILES string of the molecule is C=C1CC(OCc2cccs2)CC(C)N1C[C@@H](F)Cn1nc(C)n(C)c1=O. The second-order valence-corrected chi connectivity index (χ2v) is 8.22. The Labute approximate surface area is 162 Å². The molecular weight excluding hydrogens is 367 g/mol. The van der Waals surface area contributed by atoms with Gasteiger partial charge in [0.05, 0.1) is 25.8 Å². The zero-order valence-electron chi connectivity index (χ0n) is 16.1. The van der Waals surface area contributed by atoms with E-state index in [2.05, 4.69) is 24.7 Å². The van der Waals surface area contributed by atoms with Gasteiger partial charge in [-0.15, -0.1) is 11.3 Å². The lowest BCUT2D eigenvalue weighted by atomic mass is 9.97. The number of hydrogen-bond acceptors (Lipinski definition) is 5. The predicted octanol–water partition coefficient (Wildman–Crippen LogP) is 2.87. The molecule has 0 bridgehead atoms. The van der Waals surface area contributed by atoms with E-state index < -0.39 is 6.17 Å². The van der Waals surface area contributed by atoms with Gasteiger partial charge in [-0.25, -0.2) is 13.9 Å². The number of thiophene rings is 1. The first-order valence-electron chi connectivity index (χ1n) is 9.18. The predicted molar refractivity (Wildman–Crippen MR) is 105 cm³/mol. The van der Waals surface area contributed by atoms with Crippen molar-refractivity contribution in [2.45, 2.75) is 58.2 Å². The van der Waals surface area contributed by atoms with Crippen molar-refractivity contribution in [3.05, 3.63) is 51.0 Å². The number of piperidine rings is 1. The third-order valence-corrected chi connectivity index (χ3v) is 5.92. The van der Waals surface area contributed by atoms with E-state index in [4.69, 9.17) is 4.74 Å². The van der Waals surface area contributed by atoms with Crippen molar-refractivity contribution in [1.82, 2.24) is 19.2 Å². The average molecular weight is 395 g/mol. The highest BCUT2D eigenvalue weighted by Crippen LogP contribution is 2.28. The molecule has 8 heteroatoms. The molecule has 3 heterocycles. The van der Waals surface area contributed by atoms with Crippen LogP contribution in [0.4, 0.5) is 4.39 Å². The summed E-state index contributed by atoms with van der Waals surface area (Å²) < 4.78 is 23.3. The van der Waals surface area contributed by atoms with Crippen LogP contribution in [0.1, 0.15) is 30.5 Å². The van der Waals surface area contributed by atoms with E-state index in [1.807, 2.05) is 16.3 Å². The van der Waals surface area contributed by atoms with Gasteiger partial charge in [0.2, 0.25) is 0 Å². The number of ether oxygens (including phenoxy) is 1. The quantitative estimate of drug-likeness (QED) is 0.725. The standard InChI is InChI=1S/C19H27FN4O2S/c1-13-8-17(26-12-18-6-5-7-27-18)9-14(2)23(13)10-16(20)11-24-19(25)22(4)15(3)21-24/h5-7,14,16-17H,1,8-12H2,2-4H3/t14?,16-,17?/m1/s1. The number of likely N-dealkylation sites (tertiary alicyclic amines) is 1. The van der Waals surface area contributed by atoms with E-state index in [0.29, 0.717) is 18.9 Å². The van der Waals surface area contributed by atoms with Crippen molar-refractivity contribution in [3.8, 4) is 0 Å². The van der Waals surface area contributed by atoms with Crippen LogP contribution in [-0.4, -0.2) is 44.1 Å². The third-order valence-electron chi connectivity index (χ3n) is 5.07. The molecule has 1 saturated heterocycles. The molecule has 2 unspecified atom stereocenters. The van der Waals surface area contributed by atoms with Crippen LogP contribution in [-0.2, 0) is 24.9 Å². The first kappa shape index (κ1) is 19.8. The normalized spacial score (nSPS) is 21.6. The number of alkyl halides is 1.